The number of rotatable bonds is 9. The molecule has 2 aromatic carbocycles. The summed E-state index contributed by atoms with van der Waals surface area (Å²) in [4.78, 5) is 12.8. The molecule has 0 radical (unpaired) electrons. The van der Waals surface area contributed by atoms with Gasteiger partial charge in [0.05, 0.1) is 32.2 Å². The molecule has 0 aliphatic carbocycles. The van der Waals surface area contributed by atoms with Crippen molar-refractivity contribution in [2.24, 2.45) is 11.0 Å². The number of anilines is 1. The van der Waals surface area contributed by atoms with Crippen LogP contribution in [0.4, 0.5) is 5.69 Å². The predicted molar refractivity (Wildman–Crippen MR) is 125 cm³/mol. The number of benzene rings is 2. The lowest BCUT2D eigenvalue weighted by molar-refractivity contribution is -0.133. The smallest absolute Gasteiger partial charge is 0.243 e. The molecule has 1 heterocycles. The van der Waals surface area contributed by atoms with Crippen molar-refractivity contribution >= 4 is 27.3 Å². The molecule has 0 fully saturated rings. The number of nitrogens with zero attached hydrogens (tertiary/aromatic N) is 2. The summed E-state index contributed by atoms with van der Waals surface area (Å²) in [7, 11) is -1.74. The maximum Gasteiger partial charge on any atom is 0.243 e. The van der Waals surface area contributed by atoms with Crippen LogP contribution in [-0.2, 0) is 21.4 Å². The lowest BCUT2D eigenvalue weighted by Gasteiger charge is -2.29. The third kappa shape index (κ3) is 5.79. The molecule has 172 valence electrons. The zero-order valence-corrected chi connectivity index (χ0v) is 19.6. The number of carbonyl (C=O) groups is 1. The highest BCUT2D eigenvalue weighted by Gasteiger charge is 2.29. The fourth-order valence-electron chi connectivity index (χ4n) is 3.60. The van der Waals surface area contributed by atoms with Crippen molar-refractivity contribution in [3.8, 4) is 11.5 Å². The van der Waals surface area contributed by atoms with E-state index < -0.39 is 10.0 Å². The molecule has 1 aliphatic heterocycles. The number of amides is 1. The van der Waals surface area contributed by atoms with Crippen LogP contribution in [0, 0.1) is 5.92 Å². The molecule has 0 saturated carbocycles. The molecule has 0 saturated heterocycles. The average Bonchev–Trinajstić information content (AvgIpc) is 2.75. The standard InChI is InChI=1S/C23H29N3O5S/c1-5-17-14-22(27)26(15-16-7-10-19(11-8-16)25-32(4,28)29)24-23(17)18-9-12-20(30-3)21(13-18)31-6-2/h7-13,17,25H,5-6,14-15H2,1-4H3. The molecule has 0 spiro atoms. The molecule has 2 aromatic rings. The zero-order chi connectivity index (χ0) is 23.3. The van der Waals surface area contributed by atoms with Gasteiger partial charge in [0.2, 0.25) is 15.9 Å². The Labute approximate surface area is 189 Å². The van der Waals surface area contributed by atoms with Gasteiger partial charge in [0.25, 0.3) is 0 Å². The van der Waals surface area contributed by atoms with E-state index in [-0.39, 0.29) is 11.8 Å². The summed E-state index contributed by atoms with van der Waals surface area (Å²) < 4.78 is 36.3. The Hall–Kier alpha value is -3.07. The second-order valence-electron chi connectivity index (χ2n) is 7.62. The minimum absolute atomic E-state index is 0.0166. The molecular formula is C23H29N3O5S. The first-order chi connectivity index (χ1) is 15.2. The van der Waals surface area contributed by atoms with Gasteiger partial charge in [-0.2, -0.15) is 5.10 Å². The number of hydrogen-bond acceptors (Lipinski definition) is 6. The number of methoxy groups -OCH3 is 1. The summed E-state index contributed by atoms with van der Waals surface area (Å²) in [6.07, 6.45) is 2.27. The molecule has 1 aliphatic rings. The molecule has 9 heteroatoms. The van der Waals surface area contributed by atoms with Crippen molar-refractivity contribution in [2.75, 3.05) is 24.7 Å². The molecule has 1 amide bonds. The highest BCUT2D eigenvalue weighted by Crippen LogP contribution is 2.32. The van der Waals surface area contributed by atoms with Gasteiger partial charge in [-0.3, -0.25) is 9.52 Å². The van der Waals surface area contributed by atoms with Gasteiger partial charge in [-0.05, 0) is 49.2 Å². The predicted octanol–water partition coefficient (Wildman–Crippen LogP) is 3.63. The Morgan fingerprint density at radius 3 is 2.44 bits per heavy atom. The maximum absolute atomic E-state index is 12.8. The summed E-state index contributed by atoms with van der Waals surface area (Å²) in [5.41, 5.74) is 3.05. The lowest BCUT2D eigenvalue weighted by Crippen LogP contribution is -2.36. The first kappa shape index (κ1) is 23.6. The average molecular weight is 460 g/mol. The molecule has 0 aromatic heterocycles. The van der Waals surface area contributed by atoms with E-state index in [0.29, 0.717) is 36.8 Å². The normalized spacial score (nSPS) is 16.5. The number of carbonyl (C=O) groups excluding carboxylic acids is 1. The molecule has 3 rings (SSSR count). The highest BCUT2D eigenvalue weighted by atomic mass is 32.2. The zero-order valence-electron chi connectivity index (χ0n) is 18.8. The third-order valence-corrected chi connectivity index (χ3v) is 5.77. The van der Waals surface area contributed by atoms with Crippen LogP contribution < -0.4 is 14.2 Å². The second kappa shape index (κ2) is 10.0. The highest BCUT2D eigenvalue weighted by molar-refractivity contribution is 7.92. The first-order valence-corrected chi connectivity index (χ1v) is 12.4. The van der Waals surface area contributed by atoms with Crippen LogP contribution in [0.2, 0.25) is 0 Å². The number of ether oxygens (including phenoxy) is 2. The van der Waals surface area contributed by atoms with E-state index >= 15 is 0 Å². The first-order valence-electron chi connectivity index (χ1n) is 10.5. The van der Waals surface area contributed by atoms with Crippen LogP contribution in [0.25, 0.3) is 0 Å². The van der Waals surface area contributed by atoms with Gasteiger partial charge in [0.1, 0.15) is 0 Å². The van der Waals surface area contributed by atoms with Crippen molar-refractivity contribution in [3.63, 3.8) is 0 Å². The van der Waals surface area contributed by atoms with Gasteiger partial charge in [0.15, 0.2) is 11.5 Å². The van der Waals surface area contributed by atoms with Crippen LogP contribution >= 0.6 is 0 Å². The molecule has 1 unspecified atom stereocenters. The summed E-state index contributed by atoms with van der Waals surface area (Å²) in [6.45, 7) is 4.77. The Bertz CT molecular complexity index is 1100. The van der Waals surface area contributed by atoms with Crippen LogP contribution in [0.15, 0.2) is 47.6 Å². The van der Waals surface area contributed by atoms with Gasteiger partial charge in [-0.25, -0.2) is 13.4 Å². The quantitative estimate of drug-likeness (QED) is 0.618. The van der Waals surface area contributed by atoms with E-state index in [1.54, 1.807) is 31.4 Å². The molecule has 32 heavy (non-hydrogen) atoms. The van der Waals surface area contributed by atoms with Gasteiger partial charge < -0.3 is 9.47 Å². The van der Waals surface area contributed by atoms with Crippen molar-refractivity contribution in [1.82, 2.24) is 5.01 Å². The largest absolute Gasteiger partial charge is 0.493 e. The van der Waals surface area contributed by atoms with Crippen molar-refractivity contribution in [3.05, 3.63) is 53.6 Å². The van der Waals surface area contributed by atoms with Gasteiger partial charge in [-0.1, -0.05) is 19.1 Å². The molecule has 1 N–H and O–H groups in total. The lowest BCUT2D eigenvalue weighted by atomic mass is 9.89. The Balaban J connectivity index is 1.88. The number of hydrogen-bond donors (Lipinski definition) is 1. The SMILES string of the molecule is CCOc1cc(C2=NN(Cc3ccc(NS(C)(=O)=O)cc3)C(=O)CC2CC)ccc1OC. The van der Waals surface area contributed by atoms with E-state index in [2.05, 4.69) is 4.72 Å². The summed E-state index contributed by atoms with van der Waals surface area (Å²) in [5.74, 6) is 1.26. The van der Waals surface area contributed by atoms with Gasteiger partial charge in [-0.15, -0.1) is 0 Å². The molecule has 8 nitrogen and oxygen atoms in total. The molecule has 1 atom stereocenters. The van der Waals surface area contributed by atoms with E-state index in [4.69, 9.17) is 14.6 Å². The minimum atomic E-state index is -3.34. The number of nitrogens with one attached hydrogen (secondary N) is 1. The number of sulfonamides is 1. The van der Waals surface area contributed by atoms with E-state index in [1.165, 1.54) is 5.01 Å². The van der Waals surface area contributed by atoms with Crippen molar-refractivity contribution in [1.29, 1.82) is 0 Å². The van der Waals surface area contributed by atoms with Crippen LogP contribution in [-0.4, -0.2) is 45.0 Å². The van der Waals surface area contributed by atoms with Gasteiger partial charge in [0, 0.05) is 23.6 Å². The van der Waals surface area contributed by atoms with Crippen LogP contribution in [0.3, 0.4) is 0 Å². The fraction of sp³-hybridized carbons (Fsp3) is 0.391. The number of hydrazone groups is 1. The maximum atomic E-state index is 12.8. The summed E-state index contributed by atoms with van der Waals surface area (Å²) in [5, 5.41) is 6.19. The van der Waals surface area contributed by atoms with E-state index in [0.717, 1.165) is 29.5 Å². The van der Waals surface area contributed by atoms with Crippen molar-refractivity contribution < 1.29 is 22.7 Å². The Kier molecular flexibility index (Phi) is 7.40. The molecule has 0 bridgehead atoms. The summed E-state index contributed by atoms with van der Waals surface area (Å²) in [6, 6.07) is 12.6. The van der Waals surface area contributed by atoms with E-state index in [9.17, 15) is 13.2 Å². The monoisotopic (exact) mass is 459 g/mol. The Morgan fingerprint density at radius 2 is 1.84 bits per heavy atom. The van der Waals surface area contributed by atoms with Crippen LogP contribution in [0.1, 0.15) is 37.8 Å². The third-order valence-electron chi connectivity index (χ3n) is 5.17. The van der Waals surface area contributed by atoms with Crippen LogP contribution in [0.5, 0.6) is 11.5 Å². The molecular weight excluding hydrogens is 430 g/mol. The summed E-state index contributed by atoms with van der Waals surface area (Å²) >= 11 is 0. The topological polar surface area (TPSA) is 97.3 Å². The second-order valence-corrected chi connectivity index (χ2v) is 9.36. The Morgan fingerprint density at radius 1 is 1.12 bits per heavy atom. The van der Waals surface area contributed by atoms with Gasteiger partial charge >= 0.3 is 0 Å². The minimum Gasteiger partial charge on any atom is -0.493 e. The van der Waals surface area contributed by atoms with E-state index in [1.807, 2.05) is 32.0 Å². The van der Waals surface area contributed by atoms with Crippen molar-refractivity contribution in [2.45, 2.75) is 33.2 Å². The fourth-order valence-corrected chi connectivity index (χ4v) is 4.17.